The van der Waals surface area contributed by atoms with E-state index in [1.165, 1.54) is 11.4 Å². The Bertz CT molecular complexity index is 961. The third-order valence-corrected chi connectivity index (χ3v) is 8.50. The number of hydrogen-bond donors (Lipinski definition) is 1. The van der Waals surface area contributed by atoms with Gasteiger partial charge in [0.2, 0.25) is 21.8 Å². The van der Waals surface area contributed by atoms with Gasteiger partial charge in [0.1, 0.15) is 12.4 Å². The van der Waals surface area contributed by atoms with Crippen LogP contribution in [0.15, 0.2) is 17.0 Å². The third kappa shape index (κ3) is 7.63. The monoisotopic (exact) mass is 512 g/mol. The molecule has 1 N–H and O–H groups in total. The normalized spacial score (nSPS) is 16.1. The van der Waals surface area contributed by atoms with Crippen LogP contribution in [0.2, 0.25) is 0 Å². The Balaban J connectivity index is 1.81. The maximum absolute atomic E-state index is 13.1. The van der Waals surface area contributed by atoms with Crippen LogP contribution in [0, 0.1) is 13.8 Å². The summed E-state index contributed by atoms with van der Waals surface area (Å²) in [6.07, 6.45) is 1.18. The lowest BCUT2D eigenvalue weighted by molar-refractivity contribution is -0.137. The molecule has 0 aliphatic carbocycles. The number of nitrogens with one attached hydrogen (secondary N) is 1. The van der Waals surface area contributed by atoms with Crippen molar-refractivity contribution in [1.82, 2.24) is 19.4 Å². The molecule has 0 radical (unpaired) electrons. The Morgan fingerprint density at radius 3 is 2.46 bits per heavy atom. The number of methoxy groups -OCH3 is 1. The number of carbonyl (C=O) groups excluding carboxylic acids is 2. The van der Waals surface area contributed by atoms with Gasteiger partial charge in [-0.05, 0) is 50.1 Å². The standard InChI is InChI=1S/C24H40N4O6S/c1-7-25-10-8-22(29)28-11-9-20(16-28)27(5)23(30)17-34-13-12-26(4)35(31,32)24-18(2)14-21(33-6)15-19(24)3/h14-15,20,25H,7-13,16-17H2,1-6H3/t20-/m1/s1. The molecule has 1 aliphatic rings. The third-order valence-electron chi connectivity index (χ3n) is 6.34. The molecule has 2 amide bonds. The quantitative estimate of drug-likeness (QED) is 0.393. The molecule has 0 bridgehead atoms. The molecule has 35 heavy (non-hydrogen) atoms. The summed E-state index contributed by atoms with van der Waals surface area (Å²) in [6.45, 7) is 8.17. The molecule has 1 aromatic carbocycles. The van der Waals surface area contributed by atoms with E-state index >= 15 is 0 Å². The number of sulfonamides is 1. The topological polar surface area (TPSA) is 108 Å². The molecule has 1 aromatic rings. The molecule has 1 heterocycles. The first kappa shape index (κ1) is 29.0. The average Bonchev–Trinajstić information content (AvgIpc) is 3.30. The first-order valence-electron chi connectivity index (χ1n) is 12.0. The molecule has 1 aliphatic heterocycles. The van der Waals surface area contributed by atoms with Gasteiger partial charge in [-0.1, -0.05) is 6.92 Å². The highest BCUT2D eigenvalue weighted by atomic mass is 32.2. The van der Waals surface area contributed by atoms with Crippen LogP contribution in [0.5, 0.6) is 5.75 Å². The number of nitrogens with zero attached hydrogens (tertiary/aromatic N) is 3. The smallest absolute Gasteiger partial charge is 0.248 e. The van der Waals surface area contributed by atoms with Crippen molar-refractivity contribution in [2.24, 2.45) is 0 Å². The van der Waals surface area contributed by atoms with Gasteiger partial charge in [-0.2, -0.15) is 4.31 Å². The van der Waals surface area contributed by atoms with E-state index in [9.17, 15) is 18.0 Å². The van der Waals surface area contributed by atoms with Crippen LogP contribution in [0.4, 0.5) is 0 Å². The predicted octanol–water partition coefficient (Wildman–Crippen LogP) is 1.01. The Kier molecular flexibility index (Phi) is 10.9. The molecule has 1 fully saturated rings. The number of carbonyl (C=O) groups is 2. The molecule has 11 heteroatoms. The van der Waals surface area contributed by atoms with Crippen molar-refractivity contribution < 1.29 is 27.5 Å². The summed E-state index contributed by atoms with van der Waals surface area (Å²) in [6, 6.07) is 3.34. The second-order valence-corrected chi connectivity index (χ2v) is 10.8. The molecule has 2 rings (SSSR count). The van der Waals surface area contributed by atoms with Crippen molar-refractivity contribution in [1.29, 1.82) is 0 Å². The Labute approximate surface area is 209 Å². The number of hydrogen-bond acceptors (Lipinski definition) is 7. The summed E-state index contributed by atoms with van der Waals surface area (Å²) >= 11 is 0. The number of amides is 2. The first-order valence-corrected chi connectivity index (χ1v) is 13.4. The molecule has 0 unspecified atom stereocenters. The van der Waals surface area contributed by atoms with Gasteiger partial charge >= 0.3 is 0 Å². The SMILES string of the molecule is CCNCCC(=O)N1CC[C@@H](N(C)C(=O)COCCN(C)S(=O)(=O)c2c(C)cc(OC)cc2C)C1. The number of ether oxygens (including phenoxy) is 2. The first-order chi connectivity index (χ1) is 16.5. The van der Waals surface area contributed by atoms with Gasteiger partial charge in [-0.3, -0.25) is 9.59 Å². The second kappa shape index (κ2) is 13.2. The molecular weight excluding hydrogens is 472 g/mol. The van der Waals surface area contributed by atoms with Crippen LogP contribution < -0.4 is 10.1 Å². The number of likely N-dealkylation sites (N-methyl/N-ethyl adjacent to an activating group) is 2. The zero-order valence-electron chi connectivity index (χ0n) is 21.8. The van der Waals surface area contributed by atoms with E-state index < -0.39 is 10.0 Å². The summed E-state index contributed by atoms with van der Waals surface area (Å²) < 4.78 is 38.1. The highest BCUT2D eigenvalue weighted by Crippen LogP contribution is 2.27. The van der Waals surface area contributed by atoms with Crippen LogP contribution >= 0.6 is 0 Å². The van der Waals surface area contributed by atoms with Crippen LogP contribution in [0.3, 0.4) is 0 Å². The molecule has 1 saturated heterocycles. The van der Waals surface area contributed by atoms with E-state index in [0.29, 0.717) is 42.9 Å². The van der Waals surface area contributed by atoms with E-state index in [4.69, 9.17) is 9.47 Å². The fraction of sp³-hybridized carbons (Fsp3) is 0.667. The zero-order chi connectivity index (χ0) is 26.2. The lowest BCUT2D eigenvalue weighted by Gasteiger charge is -2.25. The van der Waals surface area contributed by atoms with Gasteiger partial charge in [-0.25, -0.2) is 8.42 Å². The summed E-state index contributed by atoms with van der Waals surface area (Å²) in [5, 5.41) is 3.15. The minimum atomic E-state index is -3.72. The molecule has 1 atom stereocenters. The zero-order valence-corrected chi connectivity index (χ0v) is 22.6. The highest BCUT2D eigenvalue weighted by Gasteiger charge is 2.31. The van der Waals surface area contributed by atoms with Gasteiger partial charge in [0, 0.05) is 46.7 Å². The molecule has 198 valence electrons. The molecule has 0 aromatic heterocycles. The minimum absolute atomic E-state index is 0.0433. The number of rotatable bonds is 13. The van der Waals surface area contributed by atoms with Gasteiger partial charge in [0.25, 0.3) is 0 Å². The lowest BCUT2D eigenvalue weighted by atomic mass is 10.1. The van der Waals surface area contributed by atoms with Crippen LogP contribution in [0.1, 0.15) is 30.9 Å². The molecule has 10 nitrogen and oxygen atoms in total. The van der Waals surface area contributed by atoms with Crippen LogP contribution in [0.25, 0.3) is 0 Å². The molecule has 0 saturated carbocycles. The van der Waals surface area contributed by atoms with Gasteiger partial charge in [-0.15, -0.1) is 0 Å². The lowest BCUT2D eigenvalue weighted by Crippen LogP contribution is -2.42. The number of likely N-dealkylation sites (tertiary alicyclic amines) is 1. The Morgan fingerprint density at radius 1 is 1.20 bits per heavy atom. The minimum Gasteiger partial charge on any atom is -0.497 e. The summed E-state index contributed by atoms with van der Waals surface area (Å²) in [4.78, 5) is 28.5. The van der Waals surface area contributed by atoms with E-state index in [0.717, 1.165) is 13.0 Å². The fourth-order valence-electron chi connectivity index (χ4n) is 4.18. The number of aryl methyl sites for hydroxylation is 2. The largest absolute Gasteiger partial charge is 0.497 e. The predicted molar refractivity (Wildman–Crippen MR) is 134 cm³/mol. The Morgan fingerprint density at radius 2 is 1.86 bits per heavy atom. The molecule has 0 spiro atoms. The average molecular weight is 513 g/mol. The van der Waals surface area contributed by atoms with Crippen molar-refractivity contribution in [2.45, 2.75) is 44.6 Å². The highest BCUT2D eigenvalue weighted by molar-refractivity contribution is 7.89. The second-order valence-electron chi connectivity index (χ2n) is 8.86. The summed E-state index contributed by atoms with van der Waals surface area (Å²) in [5.41, 5.74) is 1.22. The van der Waals surface area contributed by atoms with E-state index in [1.54, 1.807) is 49.9 Å². The summed E-state index contributed by atoms with van der Waals surface area (Å²) in [7, 11) is 1.04. The van der Waals surface area contributed by atoms with E-state index in [1.807, 2.05) is 6.92 Å². The van der Waals surface area contributed by atoms with Gasteiger partial charge < -0.3 is 24.6 Å². The Hall–Kier alpha value is -2.21. The van der Waals surface area contributed by atoms with Crippen molar-refractivity contribution >= 4 is 21.8 Å². The number of benzene rings is 1. The fourth-order valence-corrected chi connectivity index (χ4v) is 5.74. The van der Waals surface area contributed by atoms with Crippen molar-refractivity contribution in [2.75, 3.05) is 67.1 Å². The van der Waals surface area contributed by atoms with Crippen molar-refractivity contribution in [3.63, 3.8) is 0 Å². The van der Waals surface area contributed by atoms with Gasteiger partial charge in [0.15, 0.2) is 0 Å². The maximum Gasteiger partial charge on any atom is 0.248 e. The molecular formula is C24H40N4O6S. The maximum atomic E-state index is 13.1. The van der Waals surface area contributed by atoms with Crippen molar-refractivity contribution in [3.05, 3.63) is 23.3 Å². The van der Waals surface area contributed by atoms with E-state index in [2.05, 4.69) is 5.32 Å². The van der Waals surface area contributed by atoms with Crippen molar-refractivity contribution in [3.8, 4) is 5.75 Å². The van der Waals surface area contributed by atoms with Gasteiger partial charge in [0.05, 0.1) is 24.7 Å². The summed E-state index contributed by atoms with van der Waals surface area (Å²) in [5.74, 6) is 0.511. The van der Waals surface area contributed by atoms with Crippen LogP contribution in [-0.4, -0.2) is 108 Å². The van der Waals surface area contributed by atoms with E-state index in [-0.39, 0.29) is 42.5 Å². The van der Waals surface area contributed by atoms with Crippen LogP contribution in [-0.2, 0) is 24.3 Å².